The summed E-state index contributed by atoms with van der Waals surface area (Å²) in [4.78, 5) is 13.9. The smallest absolute Gasteiger partial charge is 0.321 e. The summed E-state index contributed by atoms with van der Waals surface area (Å²) in [5.41, 5.74) is 1.77. The van der Waals surface area contributed by atoms with Gasteiger partial charge in [-0.15, -0.1) is 0 Å². The molecule has 2 aromatic rings. The summed E-state index contributed by atoms with van der Waals surface area (Å²) in [7, 11) is 1.76. The number of nitrogens with zero attached hydrogens (tertiary/aromatic N) is 1. The van der Waals surface area contributed by atoms with Crippen LogP contribution in [0.15, 0.2) is 48.5 Å². The monoisotopic (exact) mass is 298 g/mol. The number of nitrogens with one attached hydrogen (secondary N) is 1. The number of anilines is 1. The minimum absolute atomic E-state index is 0.166. The van der Waals surface area contributed by atoms with Crippen molar-refractivity contribution < 1.29 is 14.3 Å². The van der Waals surface area contributed by atoms with Crippen molar-refractivity contribution in [2.45, 2.75) is 6.54 Å². The molecule has 1 aliphatic heterocycles. The molecule has 0 radical (unpaired) electrons. The van der Waals surface area contributed by atoms with E-state index in [1.165, 1.54) is 0 Å². The molecule has 0 atom stereocenters. The number of hydrogen-bond acceptors (Lipinski definition) is 3. The number of amides is 2. The van der Waals surface area contributed by atoms with Crippen molar-refractivity contribution in [1.29, 1.82) is 0 Å². The van der Waals surface area contributed by atoms with Gasteiger partial charge in [0.25, 0.3) is 0 Å². The second kappa shape index (κ2) is 6.39. The standard InChI is InChI=1S/C17H18N2O3/c1-19(12-13-5-3-2-4-6-13)17(20)18-14-7-8-15-16(11-14)22-10-9-21-15/h2-8,11H,9-10,12H2,1H3,(H,18,20). The Hall–Kier alpha value is -2.69. The minimum Gasteiger partial charge on any atom is -0.486 e. The fourth-order valence-corrected chi connectivity index (χ4v) is 2.27. The first-order valence-electron chi connectivity index (χ1n) is 7.18. The summed E-state index contributed by atoms with van der Waals surface area (Å²) < 4.78 is 11.0. The van der Waals surface area contributed by atoms with Gasteiger partial charge in [0.2, 0.25) is 0 Å². The Morgan fingerprint density at radius 2 is 1.82 bits per heavy atom. The molecule has 0 bridgehead atoms. The molecule has 3 rings (SSSR count). The number of carbonyl (C=O) groups is 1. The van der Waals surface area contributed by atoms with Crippen molar-refractivity contribution in [3.05, 3.63) is 54.1 Å². The molecule has 5 heteroatoms. The lowest BCUT2D eigenvalue weighted by molar-refractivity contribution is 0.171. The average Bonchev–Trinajstić information content (AvgIpc) is 2.55. The molecule has 22 heavy (non-hydrogen) atoms. The quantitative estimate of drug-likeness (QED) is 0.947. The van der Waals surface area contributed by atoms with Crippen LogP contribution in [0.25, 0.3) is 0 Å². The molecule has 0 spiro atoms. The van der Waals surface area contributed by atoms with Crippen molar-refractivity contribution in [3.63, 3.8) is 0 Å². The molecular weight excluding hydrogens is 280 g/mol. The van der Waals surface area contributed by atoms with Crippen molar-refractivity contribution in [3.8, 4) is 11.5 Å². The molecule has 5 nitrogen and oxygen atoms in total. The molecule has 0 aromatic heterocycles. The Labute approximate surface area is 129 Å². The van der Waals surface area contributed by atoms with E-state index in [0.29, 0.717) is 36.9 Å². The van der Waals surface area contributed by atoms with E-state index in [0.717, 1.165) is 5.56 Å². The van der Waals surface area contributed by atoms with Crippen LogP contribution in [-0.4, -0.2) is 31.2 Å². The molecule has 1 N–H and O–H groups in total. The zero-order chi connectivity index (χ0) is 15.4. The van der Waals surface area contributed by atoms with E-state index in [9.17, 15) is 4.79 Å². The third kappa shape index (κ3) is 3.31. The maximum absolute atomic E-state index is 12.2. The minimum atomic E-state index is -0.166. The van der Waals surface area contributed by atoms with E-state index >= 15 is 0 Å². The lowest BCUT2D eigenvalue weighted by Gasteiger charge is -2.21. The van der Waals surface area contributed by atoms with Crippen LogP contribution in [0.4, 0.5) is 10.5 Å². The molecule has 0 aliphatic carbocycles. The number of carbonyl (C=O) groups excluding carboxylic acids is 1. The summed E-state index contributed by atoms with van der Waals surface area (Å²) >= 11 is 0. The first-order chi connectivity index (χ1) is 10.7. The SMILES string of the molecule is CN(Cc1ccccc1)C(=O)Nc1ccc2c(c1)OCCO2. The molecule has 2 aromatic carbocycles. The van der Waals surface area contributed by atoms with Gasteiger partial charge in [0.15, 0.2) is 11.5 Å². The van der Waals surface area contributed by atoms with Crippen LogP contribution in [0.1, 0.15) is 5.56 Å². The van der Waals surface area contributed by atoms with Gasteiger partial charge >= 0.3 is 6.03 Å². The van der Waals surface area contributed by atoms with Gasteiger partial charge < -0.3 is 19.7 Å². The fraction of sp³-hybridized carbons (Fsp3) is 0.235. The summed E-state index contributed by atoms with van der Waals surface area (Å²) in [5.74, 6) is 1.37. The van der Waals surface area contributed by atoms with Gasteiger partial charge in [0.1, 0.15) is 13.2 Å². The molecule has 2 amide bonds. The number of hydrogen-bond donors (Lipinski definition) is 1. The number of urea groups is 1. The molecule has 0 fully saturated rings. The van der Waals surface area contributed by atoms with Gasteiger partial charge in [0.05, 0.1) is 0 Å². The second-order valence-corrected chi connectivity index (χ2v) is 5.13. The van der Waals surface area contributed by atoms with Gasteiger partial charge in [-0.25, -0.2) is 4.79 Å². The topological polar surface area (TPSA) is 50.8 Å². The molecule has 0 saturated heterocycles. The molecular formula is C17H18N2O3. The molecule has 0 unspecified atom stereocenters. The van der Waals surface area contributed by atoms with Gasteiger partial charge in [-0.1, -0.05) is 30.3 Å². The van der Waals surface area contributed by atoms with E-state index in [1.807, 2.05) is 36.4 Å². The van der Waals surface area contributed by atoms with Crippen molar-refractivity contribution in [1.82, 2.24) is 4.90 Å². The number of ether oxygens (including phenoxy) is 2. The maximum Gasteiger partial charge on any atom is 0.321 e. The second-order valence-electron chi connectivity index (χ2n) is 5.13. The predicted octanol–water partition coefficient (Wildman–Crippen LogP) is 3.12. The van der Waals surface area contributed by atoms with E-state index in [2.05, 4.69) is 5.32 Å². The Morgan fingerprint density at radius 3 is 2.59 bits per heavy atom. The highest BCUT2D eigenvalue weighted by molar-refractivity contribution is 5.89. The van der Waals surface area contributed by atoms with Crippen LogP contribution in [0.5, 0.6) is 11.5 Å². The van der Waals surface area contributed by atoms with Crippen LogP contribution in [0.2, 0.25) is 0 Å². The highest BCUT2D eigenvalue weighted by Gasteiger charge is 2.14. The lowest BCUT2D eigenvalue weighted by atomic mass is 10.2. The average molecular weight is 298 g/mol. The highest BCUT2D eigenvalue weighted by atomic mass is 16.6. The van der Waals surface area contributed by atoms with Gasteiger partial charge in [-0.2, -0.15) is 0 Å². The Balaban J connectivity index is 1.63. The first-order valence-corrected chi connectivity index (χ1v) is 7.18. The first kappa shape index (κ1) is 14.3. The number of rotatable bonds is 3. The van der Waals surface area contributed by atoms with Crippen LogP contribution >= 0.6 is 0 Å². The lowest BCUT2D eigenvalue weighted by Crippen LogP contribution is -2.30. The molecule has 1 heterocycles. The number of benzene rings is 2. The molecule has 1 aliphatic rings. The van der Waals surface area contributed by atoms with Gasteiger partial charge in [-0.3, -0.25) is 0 Å². The number of fused-ring (bicyclic) bond motifs is 1. The van der Waals surface area contributed by atoms with Crippen molar-refractivity contribution >= 4 is 11.7 Å². The van der Waals surface area contributed by atoms with E-state index in [1.54, 1.807) is 24.1 Å². The van der Waals surface area contributed by atoms with Crippen LogP contribution < -0.4 is 14.8 Å². The fourth-order valence-electron chi connectivity index (χ4n) is 2.27. The zero-order valence-corrected chi connectivity index (χ0v) is 12.4. The van der Waals surface area contributed by atoms with Crippen LogP contribution in [-0.2, 0) is 6.54 Å². The van der Waals surface area contributed by atoms with Crippen LogP contribution in [0, 0.1) is 0 Å². The van der Waals surface area contributed by atoms with E-state index < -0.39 is 0 Å². The third-order valence-corrected chi connectivity index (χ3v) is 3.40. The summed E-state index contributed by atoms with van der Waals surface area (Å²) in [5, 5.41) is 2.86. The predicted molar refractivity (Wildman–Crippen MR) is 84.4 cm³/mol. The summed E-state index contributed by atoms with van der Waals surface area (Å²) in [6, 6.07) is 15.1. The van der Waals surface area contributed by atoms with Gasteiger partial charge in [0, 0.05) is 25.3 Å². The van der Waals surface area contributed by atoms with Crippen molar-refractivity contribution in [2.24, 2.45) is 0 Å². The maximum atomic E-state index is 12.2. The highest BCUT2D eigenvalue weighted by Crippen LogP contribution is 2.32. The summed E-state index contributed by atoms with van der Waals surface area (Å²) in [6.45, 7) is 1.63. The Morgan fingerprint density at radius 1 is 1.09 bits per heavy atom. The molecule has 0 saturated carbocycles. The largest absolute Gasteiger partial charge is 0.486 e. The Kier molecular flexibility index (Phi) is 4.14. The van der Waals surface area contributed by atoms with E-state index in [4.69, 9.17) is 9.47 Å². The zero-order valence-electron chi connectivity index (χ0n) is 12.4. The van der Waals surface area contributed by atoms with E-state index in [-0.39, 0.29) is 6.03 Å². The van der Waals surface area contributed by atoms with Crippen molar-refractivity contribution in [2.75, 3.05) is 25.6 Å². The van der Waals surface area contributed by atoms with Crippen LogP contribution in [0.3, 0.4) is 0 Å². The third-order valence-electron chi connectivity index (χ3n) is 3.40. The van der Waals surface area contributed by atoms with Gasteiger partial charge in [-0.05, 0) is 17.7 Å². The Bertz CT molecular complexity index is 658. The normalized spacial score (nSPS) is 12.6. The summed E-state index contributed by atoms with van der Waals surface area (Å²) in [6.07, 6.45) is 0. The molecule has 114 valence electrons.